The van der Waals surface area contributed by atoms with Crippen molar-refractivity contribution in [3.05, 3.63) is 58.4 Å². The van der Waals surface area contributed by atoms with Crippen molar-refractivity contribution < 1.29 is 9.66 Å². The summed E-state index contributed by atoms with van der Waals surface area (Å²) in [5.74, 6) is 1.13. The van der Waals surface area contributed by atoms with Crippen molar-refractivity contribution in [2.24, 2.45) is 0 Å². The first kappa shape index (κ1) is 16.3. The van der Waals surface area contributed by atoms with Gasteiger partial charge < -0.3 is 15.0 Å². The van der Waals surface area contributed by atoms with Crippen molar-refractivity contribution in [3.63, 3.8) is 0 Å². The second-order valence-electron chi connectivity index (χ2n) is 5.68. The molecule has 0 aliphatic carbocycles. The van der Waals surface area contributed by atoms with Crippen LogP contribution < -0.4 is 10.1 Å². The third-order valence-corrected chi connectivity index (χ3v) is 4.18. The Morgan fingerprint density at radius 1 is 1.30 bits per heavy atom. The summed E-state index contributed by atoms with van der Waals surface area (Å²) in [6.45, 7) is 0. The first-order valence-electron chi connectivity index (χ1n) is 7.87. The number of methoxy groups -OCH3 is 1. The number of nitro groups is 1. The first-order chi connectivity index (χ1) is 13.1. The maximum Gasteiger partial charge on any atom is 0.270 e. The van der Waals surface area contributed by atoms with Gasteiger partial charge >= 0.3 is 0 Å². The Morgan fingerprint density at radius 3 is 2.89 bits per heavy atom. The minimum absolute atomic E-state index is 0.143. The summed E-state index contributed by atoms with van der Waals surface area (Å²) in [6.07, 6.45) is 1.40. The molecule has 0 aliphatic rings. The highest BCUT2D eigenvalue weighted by atomic mass is 16.6. The van der Waals surface area contributed by atoms with Gasteiger partial charge in [0.05, 0.1) is 34.2 Å². The van der Waals surface area contributed by atoms with Crippen LogP contribution in [0.4, 0.5) is 17.2 Å². The van der Waals surface area contributed by atoms with Crippen LogP contribution in [0.2, 0.25) is 0 Å². The normalized spacial score (nSPS) is 10.7. The summed E-state index contributed by atoms with van der Waals surface area (Å²) in [4.78, 5) is 22.2. The molecule has 0 atom stereocenters. The quantitative estimate of drug-likeness (QED) is 0.419. The van der Waals surface area contributed by atoms with Crippen LogP contribution >= 0.6 is 0 Å². The molecule has 0 amide bonds. The molecule has 0 aliphatic heterocycles. The Hall–Kier alpha value is -4.19. The summed E-state index contributed by atoms with van der Waals surface area (Å²) in [5, 5.41) is 24.1. The smallest absolute Gasteiger partial charge is 0.270 e. The fourth-order valence-electron chi connectivity index (χ4n) is 2.95. The minimum Gasteiger partial charge on any atom is -0.496 e. The Balaban J connectivity index is 1.86. The molecule has 0 unspecified atom stereocenters. The summed E-state index contributed by atoms with van der Waals surface area (Å²) >= 11 is 0. The zero-order chi connectivity index (χ0) is 19.0. The number of ether oxygens (including phenoxy) is 1. The largest absolute Gasteiger partial charge is 0.496 e. The molecule has 2 N–H and O–H groups in total. The van der Waals surface area contributed by atoms with E-state index in [4.69, 9.17) is 4.74 Å². The Bertz CT molecular complexity index is 1240. The molecule has 2 heterocycles. The predicted molar refractivity (Wildman–Crippen MR) is 99.0 cm³/mol. The van der Waals surface area contributed by atoms with E-state index in [1.807, 2.05) is 24.3 Å². The average molecular weight is 360 g/mol. The standard InChI is InChI=1S/C18H12N6O3/c1-27-14-4-2-3-13-15(14)16-17(22-13)18(21-9-20-16)23-12-6-5-11(24(25)26)7-10(12)8-19/h2-7,9,22H,1H3,(H,20,21,23). The van der Waals surface area contributed by atoms with Crippen LogP contribution in [0.3, 0.4) is 0 Å². The van der Waals surface area contributed by atoms with Crippen LogP contribution in [-0.2, 0) is 0 Å². The first-order valence-corrected chi connectivity index (χ1v) is 7.87. The number of non-ortho nitro benzene ring substituents is 1. The molecule has 2 aromatic carbocycles. The Labute approximate surface area is 152 Å². The number of benzene rings is 2. The number of nitro benzene ring substituents is 1. The maximum atomic E-state index is 10.9. The third-order valence-electron chi connectivity index (χ3n) is 4.18. The highest BCUT2D eigenvalue weighted by Gasteiger charge is 2.16. The molecule has 0 saturated heterocycles. The average Bonchev–Trinajstić information content (AvgIpc) is 3.08. The van der Waals surface area contributed by atoms with Gasteiger partial charge in [-0.05, 0) is 18.2 Å². The second kappa shape index (κ2) is 6.27. The van der Waals surface area contributed by atoms with Crippen LogP contribution in [0.1, 0.15) is 5.56 Å². The van der Waals surface area contributed by atoms with Gasteiger partial charge in [0, 0.05) is 12.1 Å². The van der Waals surface area contributed by atoms with Crippen LogP contribution in [0.5, 0.6) is 5.75 Å². The van der Waals surface area contributed by atoms with Gasteiger partial charge in [0.25, 0.3) is 5.69 Å². The lowest BCUT2D eigenvalue weighted by Gasteiger charge is -2.08. The van der Waals surface area contributed by atoms with Crippen molar-refractivity contribution >= 4 is 39.1 Å². The number of nitrogens with one attached hydrogen (secondary N) is 2. The number of aromatic amines is 1. The number of hydrogen-bond donors (Lipinski definition) is 2. The summed E-state index contributed by atoms with van der Waals surface area (Å²) in [6, 6.07) is 11.6. The van der Waals surface area contributed by atoms with E-state index in [0.29, 0.717) is 28.3 Å². The van der Waals surface area contributed by atoms with E-state index < -0.39 is 4.92 Å². The molecule has 2 aromatic heterocycles. The molecule has 0 fully saturated rings. The summed E-state index contributed by atoms with van der Waals surface area (Å²) in [7, 11) is 1.59. The maximum absolute atomic E-state index is 10.9. The topological polar surface area (TPSA) is 130 Å². The van der Waals surface area contributed by atoms with E-state index in [9.17, 15) is 15.4 Å². The van der Waals surface area contributed by atoms with Crippen molar-refractivity contribution in [2.75, 3.05) is 12.4 Å². The lowest BCUT2D eigenvalue weighted by Crippen LogP contribution is -1.99. The van der Waals surface area contributed by atoms with Gasteiger partial charge in [-0.25, -0.2) is 9.97 Å². The van der Waals surface area contributed by atoms with Crippen LogP contribution in [0.25, 0.3) is 21.9 Å². The molecule has 132 valence electrons. The molecule has 0 bridgehead atoms. The summed E-state index contributed by atoms with van der Waals surface area (Å²) < 4.78 is 5.42. The van der Waals surface area contributed by atoms with Crippen LogP contribution in [-0.4, -0.2) is 27.0 Å². The van der Waals surface area contributed by atoms with Crippen molar-refractivity contribution in [2.45, 2.75) is 0 Å². The second-order valence-corrected chi connectivity index (χ2v) is 5.68. The monoisotopic (exact) mass is 360 g/mol. The van der Waals surface area contributed by atoms with Gasteiger partial charge in [-0.3, -0.25) is 10.1 Å². The third kappa shape index (κ3) is 2.65. The van der Waals surface area contributed by atoms with E-state index in [-0.39, 0.29) is 11.3 Å². The number of nitrogens with zero attached hydrogens (tertiary/aromatic N) is 4. The predicted octanol–water partition coefficient (Wildman–Crippen LogP) is 3.64. The van der Waals surface area contributed by atoms with Crippen molar-refractivity contribution in [1.82, 2.24) is 15.0 Å². The fourth-order valence-corrected chi connectivity index (χ4v) is 2.95. The van der Waals surface area contributed by atoms with Gasteiger partial charge in [-0.1, -0.05) is 6.07 Å². The van der Waals surface area contributed by atoms with Gasteiger partial charge in [0.1, 0.15) is 29.2 Å². The van der Waals surface area contributed by atoms with Crippen LogP contribution in [0.15, 0.2) is 42.7 Å². The van der Waals surface area contributed by atoms with E-state index in [0.717, 1.165) is 10.9 Å². The van der Waals surface area contributed by atoms with Gasteiger partial charge in [-0.2, -0.15) is 5.26 Å². The molecule has 4 aromatic rings. The Kier molecular flexibility index (Phi) is 3.78. The lowest BCUT2D eigenvalue weighted by atomic mass is 10.1. The molecule has 0 radical (unpaired) electrons. The number of nitriles is 1. The molecule has 9 heteroatoms. The highest BCUT2D eigenvalue weighted by molar-refractivity contribution is 6.11. The number of fused-ring (bicyclic) bond motifs is 3. The van der Waals surface area contributed by atoms with E-state index >= 15 is 0 Å². The van der Waals surface area contributed by atoms with Gasteiger partial charge in [-0.15, -0.1) is 0 Å². The SMILES string of the molecule is COc1cccc2[nH]c3c(Nc4ccc([N+](=O)[O-])cc4C#N)ncnc3c12. The number of anilines is 2. The molecule has 9 nitrogen and oxygen atoms in total. The molecule has 0 spiro atoms. The summed E-state index contributed by atoms with van der Waals surface area (Å²) in [5.41, 5.74) is 2.54. The molecule has 27 heavy (non-hydrogen) atoms. The minimum atomic E-state index is -0.544. The van der Waals surface area contributed by atoms with E-state index in [2.05, 4.69) is 20.3 Å². The van der Waals surface area contributed by atoms with Crippen molar-refractivity contribution in [3.8, 4) is 11.8 Å². The number of rotatable bonds is 4. The number of H-pyrrole nitrogens is 1. The van der Waals surface area contributed by atoms with E-state index in [1.54, 1.807) is 7.11 Å². The molecular formula is C18H12N6O3. The molecule has 4 rings (SSSR count). The van der Waals surface area contributed by atoms with Gasteiger partial charge in [0.15, 0.2) is 5.82 Å². The molecular weight excluding hydrogens is 348 g/mol. The fraction of sp³-hybridized carbons (Fsp3) is 0.0556. The zero-order valence-electron chi connectivity index (χ0n) is 14.1. The number of aromatic nitrogens is 3. The number of hydrogen-bond acceptors (Lipinski definition) is 7. The molecule has 0 saturated carbocycles. The Morgan fingerprint density at radius 2 is 2.15 bits per heavy atom. The zero-order valence-corrected chi connectivity index (χ0v) is 14.1. The van der Waals surface area contributed by atoms with Gasteiger partial charge in [0.2, 0.25) is 0 Å². The highest BCUT2D eigenvalue weighted by Crippen LogP contribution is 2.35. The van der Waals surface area contributed by atoms with Crippen molar-refractivity contribution in [1.29, 1.82) is 5.26 Å². The lowest BCUT2D eigenvalue weighted by molar-refractivity contribution is -0.384. The van der Waals surface area contributed by atoms with E-state index in [1.165, 1.54) is 24.5 Å². The van der Waals surface area contributed by atoms with Crippen LogP contribution in [0, 0.1) is 21.4 Å².